The van der Waals surface area contributed by atoms with E-state index in [4.69, 9.17) is 0 Å². The Morgan fingerprint density at radius 1 is 0.633 bits per heavy atom. The van der Waals surface area contributed by atoms with Gasteiger partial charge >= 0.3 is 0 Å². The van der Waals surface area contributed by atoms with E-state index in [1.54, 1.807) is 0 Å². The fourth-order valence-electron chi connectivity index (χ4n) is 8.01. The first-order valence-corrected chi connectivity index (χ1v) is 18.2. The minimum atomic E-state index is 0.0641. The van der Waals surface area contributed by atoms with Gasteiger partial charge < -0.3 is 9.80 Å². The molecular formula is C45H38N3S+. The summed E-state index contributed by atoms with van der Waals surface area (Å²) in [6, 6.07) is 55.4. The first-order chi connectivity index (χ1) is 24.2. The van der Waals surface area contributed by atoms with E-state index in [0.29, 0.717) is 0 Å². The Morgan fingerprint density at radius 2 is 1.31 bits per heavy atom. The van der Waals surface area contributed by atoms with Crippen LogP contribution >= 0.6 is 11.8 Å². The summed E-state index contributed by atoms with van der Waals surface area (Å²) in [6.45, 7) is 4.69. The number of pyridine rings is 1. The van der Waals surface area contributed by atoms with E-state index >= 15 is 0 Å². The summed E-state index contributed by atoms with van der Waals surface area (Å²) in [5.41, 5.74) is 11.2. The van der Waals surface area contributed by atoms with Crippen molar-refractivity contribution in [3.8, 4) is 11.3 Å². The van der Waals surface area contributed by atoms with Crippen molar-refractivity contribution >= 4 is 56.7 Å². The molecule has 3 nitrogen and oxygen atoms in total. The van der Waals surface area contributed by atoms with Crippen LogP contribution in [-0.4, -0.2) is 0 Å². The van der Waals surface area contributed by atoms with Gasteiger partial charge in [0.1, 0.15) is 0 Å². The summed E-state index contributed by atoms with van der Waals surface area (Å²) in [5.74, 6) is 0. The highest BCUT2D eigenvalue weighted by Gasteiger charge is 2.44. The number of hydrogen-bond acceptors (Lipinski definition) is 3. The van der Waals surface area contributed by atoms with Crippen LogP contribution in [0.3, 0.4) is 0 Å². The van der Waals surface area contributed by atoms with E-state index in [2.05, 4.69) is 186 Å². The van der Waals surface area contributed by atoms with E-state index in [9.17, 15) is 0 Å². The number of nitrogens with zero attached hydrogens (tertiary/aromatic N) is 3. The zero-order valence-electron chi connectivity index (χ0n) is 27.9. The third-order valence-corrected chi connectivity index (χ3v) is 11.7. The summed E-state index contributed by atoms with van der Waals surface area (Å²) < 4.78 is 2.60. The Morgan fingerprint density at radius 3 is 2.06 bits per heavy atom. The molecule has 9 rings (SSSR count). The molecule has 3 heterocycles. The van der Waals surface area contributed by atoms with Crippen molar-refractivity contribution in [1.82, 2.24) is 0 Å². The molecule has 4 heteroatoms. The van der Waals surface area contributed by atoms with Gasteiger partial charge in [-0.1, -0.05) is 98.4 Å². The van der Waals surface area contributed by atoms with Gasteiger partial charge in [0.05, 0.1) is 22.3 Å². The molecule has 0 saturated heterocycles. The van der Waals surface area contributed by atoms with Crippen LogP contribution in [0.25, 0.3) is 22.0 Å². The zero-order valence-corrected chi connectivity index (χ0v) is 28.7. The van der Waals surface area contributed by atoms with Gasteiger partial charge in [0.15, 0.2) is 11.7 Å². The molecule has 0 radical (unpaired) electrons. The molecule has 1 aromatic heterocycles. The van der Waals surface area contributed by atoms with Gasteiger partial charge in [-0.25, -0.2) is 0 Å². The van der Waals surface area contributed by atoms with Crippen LogP contribution < -0.4 is 14.4 Å². The van der Waals surface area contributed by atoms with Crippen LogP contribution in [0.2, 0.25) is 0 Å². The number of fused-ring (bicyclic) bond motifs is 7. The second-order valence-corrected chi connectivity index (χ2v) is 14.2. The first kappa shape index (κ1) is 29.8. The van der Waals surface area contributed by atoms with Crippen molar-refractivity contribution in [3.05, 3.63) is 163 Å². The lowest BCUT2D eigenvalue weighted by Gasteiger charge is -2.36. The van der Waals surface area contributed by atoms with Crippen LogP contribution in [-0.2, 0) is 12.0 Å². The monoisotopic (exact) mass is 652 g/mol. The topological polar surface area (TPSA) is 10.4 Å². The molecule has 238 valence electrons. The first-order valence-electron chi connectivity index (χ1n) is 17.4. The molecule has 0 aliphatic carbocycles. The van der Waals surface area contributed by atoms with Gasteiger partial charge in [-0.05, 0) is 83.7 Å². The van der Waals surface area contributed by atoms with Crippen LogP contribution in [0.1, 0.15) is 32.3 Å². The Labute approximate surface area is 293 Å². The van der Waals surface area contributed by atoms with Gasteiger partial charge in [0, 0.05) is 57.9 Å². The summed E-state index contributed by atoms with van der Waals surface area (Å²) in [5, 5.41) is 2.60. The maximum atomic E-state index is 2.60. The maximum absolute atomic E-state index is 2.60. The van der Waals surface area contributed by atoms with Crippen LogP contribution in [0.15, 0.2) is 168 Å². The van der Waals surface area contributed by atoms with Crippen LogP contribution in [0.4, 0.5) is 34.1 Å². The molecule has 0 fully saturated rings. The predicted molar refractivity (Wildman–Crippen MR) is 205 cm³/mol. The van der Waals surface area contributed by atoms with Crippen molar-refractivity contribution in [2.45, 2.75) is 48.4 Å². The summed E-state index contributed by atoms with van der Waals surface area (Å²) >= 11 is 1.86. The van der Waals surface area contributed by atoms with E-state index in [1.807, 2.05) is 11.8 Å². The Balaban J connectivity index is 1.22. The molecule has 2 aliphatic heterocycles. The predicted octanol–water partition coefficient (Wildman–Crippen LogP) is 12.3. The van der Waals surface area contributed by atoms with E-state index in [-0.39, 0.29) is 5.54 Å². The zero-order chi connectivity index (χ0) is 33.0. The normalized spacial score (nSPS) is 14.0. The molecule has 0 unspecified atom stereocenters. The molecule has 0 bridgehead atoms. The van der Waals surface area contributed by atoms with Crippen molar-refractivity contribution in [3.63, 3.8) is 0 Å². The molecule has 0 atom stereocenters. The highest BCUT2D eigenvalue weighted by molar-refractivity contribution is 7.99. The Bertz CT molecular complexity index is 2290. The Hall–Kier alpha value is -5.32. The fraction of sp³-hybridized carbons (Fsp3) is 0.133. The molecule has 6 aromatic carbocycles. The number of rotatable bonds is 6. The quantitative estimate of drug-likeness (QED) is 0.166. The maximum Gasteiger partial charge on any atom is 0.221 e. The van der Waals surface area contributed by atoms with E-state index in [1.165, 1.54) is 54.4 Å². The molecule has 49 heavy (non-hydrogen) atoms. The van der Waals surface area contributed by atoms with E-state index < -0.39 is 0 Å². The highest BCUT2D eigenvalue weighted by Crippen LogP contribution is 2.54. The van der Waals surface area contributed by atoms with Crippen molar-refractivity contribution in [2.75, 3.05) is 9.80 Å². The van der Waals surface area contributed by atoms with Gasteiger partial charge in [0.2, 0.25) is 5.69 Å². The third-order valence-electron chi connectivity index (χ3n) is 10.6. The van der Waals surface area contributed by atoms with Crippen molar-refractivity contribution < 1.29 is 4.57 Å². The number of anilines is 6. The SMILES string of the molecule is CCC1(CC)Cc2ccc(N3c4ccccc4Sc4cc(N(c5ccccc5)c5ccccc5)ccc43)cc2-c2c3ccccc3cc[n+]21. The van der Waals surface area contributed by atoms with Gasteiger partial charge in [-0.2, -0.15) is 4.57 Å². The average Bonchev–Trinajstić information content (AvgIpc) is 3.17. The molecule has 0 amide bonds. The molecular weight excluding hydrogens is 615 g/mol. The molecule has 0 N–H and O–H groups in total. The van der Waals surface area contributed by atoms with Crippen LogP contribution in [0, 0.1) is 0 Å². The second-order valence-electron chi connectivity index (χ2n) is 13.1. The molecule has 0 saturated carbocycles. The second kappa shape index (κ2) is 12.0. The molecule has 7 aromatic rings. The summed E-state index contributed by atoms with van der Waals surface area (Å²) in [4.78, 5) is 7.31. The smallest absolute Gasteiger partial charge is 0.221 e. The Kier molecular flexibility index (Phi) is 7.28. The lowest BCUT2D eigenvalue weighted by Crippen LogP contribution is -2.60. The number of para-hydroxylation sites is 3. The van der Waals surface area contributed by atoms with Crippen LogP contribution in [0.5, 0.6) is 0 Å². The third kappa shape index (κ3) is 4.85. The summed E-state index contributed by atoms with van der Waals surface area (Å²) in [7, 11) is 0. The summed E-state index contributed by atoms with van der Waals surface area (Å²) in [6.07, 6.45) is 5.56. The molecule has 2 aliphatic rings. The van der Waals surface area contributed by atoms with E-state index in [0.717, 1.165) is 36.3 Å². The van der Waals surface area contributed by atoms with Gasteiger partial charge in [-0.3, -0.25) is 0 Å². The number of hydrogen-bond donors (Lipinski definition) is 0. The minimum absolute atomic E-state index is 0.0641. The lowest BCUT2D eigenvalue weighted by molar-refractivity contribution is -0.757. The van der Waals surface area contributed by atoms with Gasteiger partial charge in [-0.15, -0.1) is 0 Å². The highest BCUT2D eigenvalue weighted by atomic mass is 32.2. The minimum Gasteiger partial charge on any atom is -0.310 e. The lowest BCUT2D eigenvalue weighted by atomic mass is 9.78. The molecule has 0 spiro atoms. The van der Waals surface area contributed by atoms with Crippen molar-refractivity contribution in [2.24, 2.45) is 0 Å². The number of benzene rings is 6. The van der Waals surface area contributed by atoms with Crippen molar-refractivity contribution in [1.29, 1.82) is 0 Å². The standard InChI is InChI=1S/C45H38N3S/c1-3-45(4-2)31-33-23-24-36(29-39(33)44-38-20-12-11-15-32(38)27-28-46(44)45)48-40-21-13-14-22-42(40)49-43-30-37(25-26-41(43)48)47(34-16-7-5-8-17-34)35-18-9-6-10-19-35/h5-30H,3-4,31H2,1-2H3/q+1. The number of aromatic nitrogens is 1. The fourth-order valence-corrected chi connectivity index (χ4v) is 9.10. The van der Waals surface area contributed by atoms with Gasteiger partial charge in [0.25, 0.3) is 0 Å². The average molecular weight is 653 g/mol. The largest absolute Gasteiger partial charge is 0.310 e.